The van der Waals surface area contributed by atoms with Crippen LogP contribution in [0.15, 0.2) is 77.1 Å². The minimum Gasteiger partial charge on any atom is -0.409 e. The number of aromatic nitrogens is 2. The molecule has 0 aliphatic rings. The van der Waals surface area contributed by atoms with E-state index < -0.39 is 15.8 Å². The van der Waals surface area contributed by atoms with Crippen molar-refractivity contribution in [2.45, 2.75) is 9.92 Å². The van der Waals surface area contributed by atoms with Crippen LogP contribution in [0.25, 0.3) is 0 Å². The fraction of sp³-hybridized carbons (Fsp3) is 0.111. The smallest absolute Gasteiger partial charge is 0.285 e. The highest BCUT2D eigenvalue weighted by Crippen LogP contribution is 2.23. The first kappa shape index (κ1) is 24.5. The quantitative estimate of drug-likeness (QED) is 0.0806. The molecule has 174 valence electrons. The monoisotopic (exact) mass is 557 g/mol. The van der Waals surface area contributed by atoms with Gasteiger partial charge in [0.05, 0.1) is 9.37 Å². The molecule has 0 saturated carbocycles. The number of hydrogen-bond acceptors (Lipinski definition) is 8. The molecule has 5 N–H and O–H groups in total. The average molecular weight is 558 g/mol. The van der Waals surface area contributed by atoms with Gasteiger partial charge in [-0.25, -0.2) is 9.02 Å². The fourth-order valence-electron chi connectivity index (χ4n) is 2.40. The second-order valence-electron chi connectivity index (χ2n) is 6.16. The van der Waals surface area contributed by atoms with E-state index in [9.17, 15) is 18.0 Å². The number of thioether (sulfide) groups is 1. The van der Waals surface area contributed by atoms with E-state index in [-0.39, 0.29) is 33.4 Å². The first-order valence-corrected chi connectivity index (χ1v) is 12.3. The van der Waals surface area contributed by atoms with Crippen molar-refractivity contribution >= 4 is 55.2 Å². The number of anilines is 1. The number of rotatable bonds is 8. The van der Waals surface area contributed by atoms with Crippen molar-refractivity contribution in [3.8, 4) is 0 Å². The predicted octanol–water partition coefficient (Wildman–Crippen LogP) is 2.60. The molecule has 3 aromatic rings. The topological polar surface area (TPSA) is 168 Å². The summed E-state index contributed by atoms with van der Waals surface area (Å²) in [6.45, 7) is 0.237. The van der Waals surface area contributed by atoms with Gasteiger partial charge in [0, 0.05) is 18.0 Å². The number of benzene rings is 2. The van der Waals surface area contributed by atoms with E-state index in [0.717, 1.165) is 0 Å². The summed E-state index contributed by atoms with van der Waals surface area (Å²) in [4.78, 5) is 0.0268. The average Bonchev–Trinajstić information content (AvgIpc) is 3.26. The molecule has 0 aliphatic heterocycles. The number of amidine groups is 1. The van der Waals surface area contributed by atoms with Crippen LogP contribution in [0.1, 0.15) is 5.69 Å². The van der Waals surface area contributed by atoms with Crippen molar-refractivity contribution in [1.82, 2.24) is 15.6 Å². The third kappa shape index (κ3) is 6.66. The lowest BCUT2D eigenvalue weighted by atomic mass is 10.3. The molecule has 0 fully saturated rings. The Hall–Kier alpha value is -3.17. The molecule has 0 bridgehead atoms. The van der Waals surface area contributed by atoms with E-state index in [4.69, 9.17) is 10.4 Å². The van der Waals surface area contributed by atoms with E-state index in [1.165, 1.54) is 42.1 Å². The van der Waals surface area contributed by atoms with Gasteiger partial charge in [-0.1, -0.05) is 35.1 Å². The predicted molar refractivity (Wildman–Crippen MR) is 124 cm³/mol. The molecular formula is C18H17BrFN7O4S2. The first-order valence-electron chi connectivity index (χ1n) is 9.09. The maximum atomic E-state index is 13.4. The van der Waals surface area contributed by atoms with Gasteiger partial charge in [-0.3, -0.25) is 0 Å². The maximum Gasteiger partial charge on any atom is 0.285 e. The van der Waals surface area contributed by atoms with Gasteiger partial charge in [0.2, 0.25) is 11.8 Å². The Balaban J connectivity index is 1.58. The highest BCUT2D eigenvalue weighted by molar-refractivity contribution is 9.10. The van der Waals surface area contributed by atoms with Crippen LogP contribution in [0, 0.1) is 5.82 Å². The number of nitrogens with one attached hydrogen (secondary N) is 2. The third-order valence-electron chi connectivity index (χ3n) is 3.87. The van der Waals surface area contributed by atoms with Crippen LogP contribution in [-0.2, 0) is 10.0 Å². The van der Waals surface area contributed by atoms with E-state index in [1.54, 1.807) is 18.2 Å². The lowest BCUT2D eigenvalue weighted by Gasteiger charge is -2.08. The molecule has 1 heterocycles. The van der Waals surface area contributed by atoms with Crippen LogP contribution in [0.5, 0.6) is 0 Å². The molecule has 0 aliphatic carbocycles. The standard InChI is InChI=1S/C18H17BrFN7O4S2/c19-13-10-11(6-7-14(13)20)23-16(24-28)15-17(26-31-25-15)32-9-8-22-18(21)27-33(29,30)12-4-2-1-3-5-12/h1-7,10,28H,8-9H2,(H,23,24)(H3,21,22,27). The van der Waals surface area contributed by atoms with Gasteiger partial charge in [0.15, 0.2) is 10.7 Å². The SMILES string of the molecule is N/C(=N\S(=O)(=O)c1ccccc1)NCCSc1nonc1/C(=N/O)Nc1ccc(F)c(Br)c1. The van der Waals surface area contributed by atoms with Crippen LogP contribution >= 0.6 is 27.7 Å². The minimum absolute atomic E-state index is 0.0268. The molecular weight excluding hydrogens is 541 g/mol. The van der Waals surface area contributed by atoms with E-state index in [0.29, 0.717) is 16.5 Å². The first-order chi connectivity index (χ1) is 15.8. The Morgan fingerprint density at radius 3 is 2.70 bits per heavy atom. The summed E-state index contributed by atoms with van der Waals surface area (Å²) in [6.07, 6.45) is 0. The highest BCUT2D eigenvalue weighted by atomic mass is 79.9. The summed E-state index contributed by atoms with van der Waals surface area (Å²) in [6, 6.07) is 11.8. The number of halogens is 2. The number of nitrogens with two attached hydrogens (primary N) is 1. The number of nitrogens with zero attached hydrogens (tertiary/aromatic N) is 4. The van der Waals surface area contributed by atoms with Gasteiger partial charge in [-0.15, -0.1) is 4.40 Å². The molecule has 3 rings (SSSR count). The normalized spacial score (nSPS) is 12.5. The molecule has 15 heteroatoms. The fourth-order valence-corrected chi connectivity index (χ4v) is 4.46. The van der Waals surface area contributed by atoms with Crippen LogP contribution < -0.4 is 16.4 Å². The van der Waals surface area contributed by atoms with Crippen LogP contribution in [0.4, 0.5) is 10.1 Å². The molecule has 0 spiro atoms. The van der Waals surface area contributed by atoms with Crippen molar-refractivity contribution in [3.63, 3.8) is 0 Å². The Labute approximate surface area is 200 Å². The lowest BCUT2D eigenvalue weighted by molar-refractivity contribution is 0.297. The van der Waals surface area contributed by atoms with Gasteiger partial charge in [-0.2, -0.15) is 8.42 Å². The van der Waals surface area contributed by atoms with E-state index >= 15 is 0 Å². The molecule has 33 heavy (non-hydrogen) atoms. The summed E-state index contributed by atoms with van der Waals surface area (Å²) >= 11 is 4.25. The van der Waals surface area contributed by atoms with Crippen molar-refractivity contribution in [3.05, 3.63) is 64.5 Å². The molecule has 0 radical (unpaired) electrons. The lowest BCUT2D eigenvalue weighted by Crippen LogP contribution is -2.34. The van der Waals surface area contributed by atoms with Crippen LogP contribution in [0.3, 0.4) is 0 Å². The zero-order valence-electron chi connectivity index (χ0n) is 16.6. The third-order valence-corrected chi connectivity index (χ3v) is 6.73. The summed E-state index contributed by atoms with van der Waals surface area (Å²) in [5.41, 5.74) is 6.23. The molecule has 0 atom stereocenters. The number of sulfonamides is 1. The Morgan fingerprint density at radius 1 is 1.24 bits per heavy atom. The zero-order valence-corrected chi connectivity index (χ0v) is 19.9. The Morgan fingerprint density at radius 2 is 2.00 bits per heavy atom. The molecule has 2 aromatic carbocycles. The number of hydrogen-bond donors (Lipinski definition) is 4. The van der Waals surface area contributed by atoms with E-state index in [2.05, 4.69) is 46.4 Å². The van der Waals surface area contributed by atoms with Crippen molar-refractivity contribution < 1.29 is 22.6 Å². The number of oxime groups is 1. The Kier molecular flexibility index (Phi) is 8.24. The summed E-state index contributed by atoms with van der Waals surface area (Å²) in [5.74, 6) is -0.419. The summed E-state index contributed by atoms with van der Waals surface area (Å²) in [5, 5.41) is 25.8. The second-order valence-corrected chi connectivity index (χ2v) is 9.70. The second kappa shape index (κ2) is 11.1. The van der Waals surface area contributed by atoms with Crippen LogP contribution in [0.2, 0.25) is 0 Å². The van der Waals surface area contributed by atoms with Gasteiger partial charge >= 0.3 is 0 Å². The largest absolute Gasteiger partial charge is 0.409 e. The molecule has 0 amide bonds. The number of guanidine groups is 1. The van der Waals surface area contributed by atoms with Gasteiger partial charge < -0.3 is 21.6 Å². The van der Waals surface area contributed by atoms with Crippen LogP contribution in [-0.4, -0.2) is 48.0 Å². The molecule has 1 aromatic heterocycles. The summed E-state index contributed by atoms with van der Waals surface area (Å²) < 4.78 is 46.3. The zero-order chi connectivity index (χ0) is 23.8. The van der Waals surface area contributed by atoms with Gasteiger partial charge in [0.1, 0.15) is 5.82 Å². The Bertz CT molecular complexity index is 1270. The highest BCUT2D eigenvalue weighted by Gasteiger charge is 2.19. The maximum absolute atomic E-state index is 13.4. The van der Waals surface area contributed by atoms with E-state index in [1.807, 2.05) is 0 Å². The molecule has 0 saturated heterocycles. The van der Waals surface area contributed by atoms with Crippen molar-refractivity contribution in [2.75, 3.05) is 17.6 Å². The minimum atomic E-state index is -3.92. The van der Waals surface area contributed by atoms with Gasteiger partial charge in [0.25, 0.3) is 10.0 Å². The van der Waals surface area contributed by atoms with Crippen molar-refractivity contribution in [1.29, 1.82) is 0 Å². The summed E-state index contributed by atoms with van der Waals surface area (Å²) in [7, 11) is -3.92. The van der Waals surface area contributed by atoms with Crippen molar-refractivity contribution in [2.24, 2.45) is 15.3 Å². The van der Waals surface area contributed by atoms with Gasteiger partial charge in [-0.05, 0) is 56.6 Å². The molecule has 0 unspecified atom stereocenters. The molecule has 11 nitrogen and oxygen atoms in total.